The van der Waals surface area contributed by atoms with Crippen LogP contribution in [0.4, 0.5) is 5.82 Å². The summed E-state index contributed by atoms with van der Waals surface area (Å²) < 4.78 is 10.9. The lowest BCUT2D eigenvalue weighted by atomic mass is 10.0. The molecule has 1 aliphatic rings. The van der Waals surface area contributed by atoms with Crippen molar-refractivity contribution < 1.29 is 9.47 Å². The van der Waals surface area contributed by atoms with Crippen molar-refractivity contribution in [2.45, 2.75) is 6.04 Å². The van der Waals surface area contributed by atoms with Gasteiger partial charge in [0, 0.05) is 47.7 Å². The SMILES string of the molecule is COc1cc2c(C#N)cnc(N3CCNC(c4ccc(Cl)cc4)C3)c2cc1OC. The average Bonchev–Trinajstić information content (AvgIpc) is 2.77. The summed E-state index contributed by atoms with van der Waals surface area (Å²) in [6.45, 7) is 2.39. The van der Waals surface area contributed by atoms with Gasteiger partial charge in [-0.1, -0.05) is 23.7 Å². The van der Waals surface area contributed by atoms with Crippen molar-refractivity contribution in [3.8, 4) is 17.6 Å². The summed E-state index contributed by atoms with van der Waals surface area (Å²) in [7, 11) is 3.19. The Morgan fingerprint density at radius 3 is 2.48 bits per heavy atom. The summed E-state index contributed by atoms with van der Waals surface area (Å²) in [4.78, 5) is 6.87. The second-order valence-corrected chi connectivity index (χ2v) is 7.30. The summed E-state index contributed by atoms with van der Waals surface area (Å²) in [6.07, 6.45) is 1.63. The Bertz CT molecular complexity index is 1080. The number of fused-ring (bicyclic) bond motifs is 1. The van der Waals surface area contributed by atoms with Gasteiger partial charge in [0.15, 0.2) is 11.5 Å². The monoisotopic (exact) mass is 408 g/mol. The number of nitriles is 1. The summed E-state index contributed by atoms with van der Waals surface area (Å²) in [5.74, 6) is 2.04. The Kier molecular flexibility index (Phi) is 5.43. The number of benzene rings is 2. The second kappa shape index (κ2) is 8.16. The van der Waals surface area contributed by atoms with Gasteiger partial charge in [-0.25, -0.2) is 4.98 Å². The Balaban J connectivity index is 1.76. The van der Waals surface area contributed by atoms with Crippen LogP contribution >= 0.6 is 11.6 Å². The van der Waals surface area contributed by atoms with E-state index in [-0.39, 0.29) is 6.04 Å². The minimum absolute atomic E-state index is 0.161. The summed E-state index contributed by atoms with van der Waals surface area (Å²) >= 11 is 6.03. The lowest BCUT2D eigenvalue weighted by Crippen LogP contribution is -2.46. The highest BCUT2D eigenvalue weighted by Crippen LogP contribution is 2.37. The molecule has 0 saturated carbocycles. The first-order valence-corrected chi connectivity index (χ1v) is 9.71. The molecule has 1 saturated heterocycles. The number of hydrogen-bond donors (Lipinski definition) is 1. The molecule has 1 unspecified atom stereocenters. The zero-order valence-corrected chi connectivity index (χ0v) is 17.0. The molecule has 1 fully saturated rings. The number of ether oxygens (including phenoxy) is 2. The molecular weight excluding hydrogens is 388 g/mol. The first kappa shape index (κ1) is 19.3. The topological polar surface area (TPSA) is 70.4 Å². The average molecular weight is 409 g/mol. The summed E-state index contributed by atoms with van der Waals surface area (Å²) in [6, 6.07) is 14.0. The van der Waals surface area contributed by atoms with Gasteiger partial charge in [0.2, 0.25) is 0 Å². The number of nitrogens with one attached hydrogen (secondary N) is 1. The fraction of sp³-hybridized carbons (Fsp3) is 0.273. The molecule has 6 nitrogen and oxygen atoms in total. The Morgan fingerprint density at radius 1 is 1.14 bits per heavy atom. The van der Waals surface area contributed by atoms with Crippen LogP contribution in [0, 0.1) is 11.3 Å². The van der Waals surface area contributed by atoms with E-state index in [4.69, 9.17) is 21.1 Å². The summed E-state index contributed by atoms with van der Waals surface area (Å²) in [5.41, 5.74) is 1.69. The lowest BCUT2D eigenvalue weighted by Gasteiger charge is -2.35. The summed E-state index contributed by atoms with van der Waals surface area (Å²) in [5, 5.41) is 15.5. The predicted octanol–water partition coefficient (Wildman–Crippen LogP) is 3.93. The number of hydrogen-bond acceptors (Lipinski definition) is 6. The molecule has 1 aromatic heterocycles. The van der Waals surface area contributed by atoms with Gasteiger partial charge in [-0.05, 0) is 29.8 Å². The highest BCUT2D eigenvalue weighted by molar-refractivity contribution is 6.30. The number of halogens is 1. The van der Waals surface area contributed by atoms with Crippen LogP contribution < -0.4 is 19.7 Å². The molecule has 4 rings (SSSR count). The van der Waals surface area contributed by atoms with Crippen LogP contribution in [0.2, 0.25) is 5.02 Å². The lowest BCUT2D eigenvalue weighted by molar-refractivity contribution is 0.356. The van der Waals surface area contributed by atoms with Gasteiger partial charge < -0.3 is 19.7 Å². The zero-order chi connectivity index (χ0) is 20.4. The first-order chi connectivity index (χ1) is 14.1. The predicted molar refractivity (Wildman–Crippen MR) is 114 cm³/mol. The third-order valence-electron chi connectivity index (χ3n) is 5.24. The van der Waals surface area contributed by atoms with Crippen molar-refractivity contribution in [3.63, 3.8) is 0 Å². The van der Waals surface area contributed by atoms with Crippen LogP contribution in [-0.4, -0.2) is 38.8 Å². The minimum Gasteiger partial charge on any atom is -0.493 e. The number of aromatic nitrogens is 1. The quantitative estimate of drug-likeness (QED) is 0.705. The fourth-order valence-corrected chi connectivity index (χ4v) is 3.88. The van der Waals surface area contributed by atoms with E-state index in [1.807, 2.05) is 36.4 Å². The van der Waals surface area contributed by atoms with E-state index in [2.05, 4.69) is 21.3 Å². The third-order valence-corrected chi connectivity index (χ3v) is 5.49. The van der Waals surface area contributed by atoms with Gasteiger partial charge in [-0.15, -0.1) is 0 Å². The van der Waals surface area contributed by atoms with E-state index in [0.29, 0.717) is 17.1 Å². The first-order valence-electron chi connectivity index (χ1n) is 9.33. The van der Waals surface area contributed by atoms with Gasteiger partial charge >= 0.3 is 0 Å². The maximum absolute atomic E-state index is 9.54. The van der Waals surface area contributed by atoms with Gasteiger partial charge in [0.05, 0.1) is 19.8 Å². The fourth-order valence-electron chi connectivity index (χ4n) is 3.75. The minimum atomic E-state index is 0.161. The van der Waals surface area contributed by atoms with Crippen molar-refractivity contribution in [2.75, 3.05) is 38.8 Å². The van der Waals surface area contributed by atoms with Gasteiger partial charge in [0.25, 0.3) is 0 Å². The number of rotatable bonds is 4. The highest BCUT2D eigenvalue weighted by atomic mass is 35.5. The van der Waals surface area contributed by atoms with Crippen LogP contribution in [0.15, 0.2) is 42.6 Å². The molecule has 29 heavy (non-hydrogen) atoms. The maximum Gasteiger partial charge on any atom is 0.161 e. The standard InChI is InChI=1S/C22H21ClN4O2/c1-28-20-9-17-15(11-24)12-26-22(18(17)10-21(20)29-2)27-8-7-25-19(13-27)14-3-5-16(23)6-4-14/h3-6,9-10,12,19,25H,7-8,13H2,1-2H3. The van der Waals surface area contributed by atoms with E-state index < -0.39 is 0 Å². The van der Waals surface area contributed by atoms with Crippen molar-refractivity contribution in [3.05, 3.63) is 58.7 Å². The molecule has 3 aromatic rings. The molecule has 0 bridgehead atoms. The smallest absolute Gasteiger partial charge is 0.161 e. The highest BCUT2D eigenvalue weighted by Gasteiger charge is 2.24. The number of methoxy groups -OCH3 is 2. The molecule has 0 radical (unpaired) electrons. The molecule has 2 heterocycles. The molecule has 2 aromatic carbocycles. The van der Waals surface area contributed by atoms with E-state index in [0.717, 1.165) is 41.2 Å². The Morgan fingerprint density at radius 2 is 1.83 bits per heavy atom. The second-order valence-electron chi connectivity index (χ2n) is 6.86. The molecule has 0 amide bonds. The van der Waals surface area contributed by atoms with Gasteiger partial charge in [-0.2, -0.15) is 5.26 Å². The van der Waals surface area contributed by atoms with Crippen LogP contribution in [0.5, 0.6) is 11.5 Å². The van der Waals surface area contributed by atoms with Crippen LogP contribution in [0.3, 0.4) is 0 Å². The largest absolute Gasteiger partial charge is 0.493 e. The van der Waals surface area contributed by atoms with Crippen molar-refractivity contribution in [1.29, 1.82) is 5.26 Å². The zero-order valence-electron chi connectivity index (χ0n) is 16.3. The van der Waals surface area contributed by atoms with Crippen molar-refractivity contribution in [2.24, 2.45) is 0 Å². The molecule has 148 valence electrons. The molecule has 1 aliphatic heterocycles. The molecule has 1 atom stereocenters. The number of anilines is 1. The van der Waals surface area contributed by atoms with E-state index in [1.165, 1.54) is 5.56 Å². The Hall–Kier alpha value is -3.01. The molecular formula is C22H21ClN4O2. The third kappa shape index (κ3) is 3.67. The van der Waals surface area contributed by atoms with Gasteiger partial charge in [-0.3, -0.25) is 0 Å². The van der Waals surface area contributed by atoms with E-state index in [9.17, 15) is 5.26 Å². The van der Waals surface area contributed by atoms with E-state index >= 15 is 0 Å². The molecule has 0 spiro atoms. The maximum atomic E-state index is 9.54. The number of nitrogens with zero attached hydrogens (tertiary/aromatic N) is 3. The van der Waals surface area contributed by atoms with Crippen LogP contribution in [0.25, 0.3) is 10.8 Å². The number of piperazine rings is 1. The van der Waals surface area contributed by atoms with Crippen molar-refractivity contribution >= 4 is 28.2 Å². The molecule has 0 aliphatic carbocycles. The van der Waals surface area contributed by atoms with Crippen molar-refractivity contribution in [1.82, 2.24) is 10.3 Å². The van der Waals surface area contributed by atoms with Crippen LogP contribution in [0.1, 0.15) is 17.2 Å². The van der Waals surface area contributed by atoms with Crippen LogP contribution in [-0.2, 0) is 0 Å². The Labute approximate surface area is 174 Å². The molecule has 1 N–H and O–H groups in total. The number of pyridine rings is 1. The van der Waals surface area contributed by atoms with Gasteiger partial charge in [0.1, 0.15) is 11.9 Å². The normalized spacial score (nSPS) is 16.5. The molecule has 7 heteroatoms. The van der Waals surface area contributed by atoms with E-state index in [1.54, 1.807) is 20.4 Å².